The van der Waals surface area contributed by atoms with Gasteiger partial charge in [0.2, 0.25) is 5.91 Å². The third-order valence-corrected chi connectivity index (χ3v) is 5.93. The smallest absolute Gasteiger partial charge is 0.336 e. The van der Waals surface area contributed by atoms with Gasteiger partial charge < -0.3 is 9.73 Å². The first kappa shape index (κ1) is 19.7. The van der Waals surface area contributed by atoms with E-state index in [0.717, 1.165) is 29.4 Å². The van der Waals surface area contributed by atoms with Crippen molar-refractivity contribution in [3.05, 3.63) is 57.5 Å². The van der Waals surface area contributed by atoms with E-state index in [1.807, 2.05) is 12.1 Å². The predicted molar refractivity (Wildman–Crippen MR) is 112 cm³/mol. The van der Waals surface area contributed by atoms with Gasteiger partial charge in [0.1, 0.15) is 5.58 Å². The lowest BCUT2D eigenvalue weighted by Gasteiger charge is -2.13. The Morgan fingerprint density at radius 3 is 2.93 bits per heavy atom. The minimum absolute atomic E-state index is 0.0527. The van der Waals surface area contributed by atoms with Crippen LogP contribution in [0.1, 0.15) is 50.2 Å². The Bertz CT molecular complexity index is 885. The summed E-state index contributed by atoms with van der Waals surface area (Å²) >= 11 is 1.53. The van der Waals surface area contributed by atoms with Crippen LogP contribution < -0.4 is 10.9 Å². The SMILES string of the molecule is CCc1ccc2c(CSCC(=O)NCCC3=CCCCC3)cc(=O)oc2c1. The first-order chi connectivity index (χ1) is 13.2. The molecule has 0 atom stereocenters. The second-order valence-corrected chi connectivity index (χ2v) is 7.96. The fourth-order valence-corrected chi connectivity index (χ4v) is 4.26. The molecule has 4 nitrogen and oxygen atoms in total. The molecular formula is C22H27NO3S. The summed E-state index contributed by atoms with van der Waals surface area (Å²) in [5, 5.41) is 3.95. The fraction of sp³-hybridized carbons (Fsp3) is 0.455. The molecule has 5 heteroatoms. The van der Waals surface area contributed by atoms with E-state index >= 15 is 0 Å². The van der Waals surface area contributed by atoms with Crippen LogP contribution in [0.25, 0.3) is 11.0 Å². The van der Waals surface area contributed by atoms with Crippen LogP contribution in [0.3, 0.4) is 0 Å². The molecule has 0 unspecified atom stereocenters. The van der Waals surface area contributed by atoms with Crippen molar-refractivity contribution in [2.45, 2.75) is 51.2 Å². The molecule has 144 valence electrons. The number of thioether (sulfide) groups is 1. The first-order valence-electron chi connectivity index (χ1n) is 9.73. The number of carbonyl (C=O) groups is 1. The normalized spacial score (nSPS) is 14.2. The molecule has 0 saturated heterocycles. The van der Waals surface area contributed by atoms with Gasteiger partial charge in [-0.2, -0.15) is 0 Å². The van der Waals surface area contributed by atoms with Crippen molar-refractivity contribution in [3.63, 3.8) is 0 Å². The number of allylic oxidation sites excluding steroid dienone is 1. The van der Waals surface area contributed by atoms with Crippen LogP contribution in [0.15, 0.2) is 45.1 Å². The molecule has 1 aromatic heterocycles. The van der Waals surface area contributed by atoms with Crippen LogP contribution in [0.5, 0.6) is 0 Å². The van der Waals surface area contributed by atoms with Crippen LogP contribution in [0, 0.1) is 0 Å². The van der Waals surface area contributed by atoms with E-state index in [-0.39, 0.29) is 11.5 Å². The van der Waals surface area contributed by atoms with Gasteiger partial charge in [-0.3, -0.25) is 4.79 Å². The van der Waals surface area contributed by atoms with E-state index in [9.17, 15) is 9.59 Å². The van der Waals surface area contributed by atoms with E-state index < -0.39 is 0 Å². The quantitative estimate of drug-likeness (QED) is 0.533. The Labute approximate surface area is 164 Å². The average molecular weight is 386 g/mol. The number of hydrogen-bond donors (Lipinski definition) is 1. The van der Waals surface area contributed by atoms with Crippen molar-refractivity contribution >= 4 is 28.6 Å². The minimum atomic E-state index is -0.337. The highest BCUT2D eigenvalue weighted by Crippen LogP contribution is 2.23. The monoisotopic (exact) mass is 385 g/mol. The molecule has 0 fully saturated rings. The molecule has 0 saturated carbocycles. The van der Waals surface area contributed by atoms with Crippen molar-refractivity contribution in [1.82, 2.24) is 5.32 Å². The van der Waals surface area contributed by atoms with Crippen LogP contribution in [0.4, 0.5) is 0 Å². The molecule has 1 aliphatic rings. The van der Waals surface area contributed by atoms with Gasteiger partial charge in [0.25, 0.3) is 0 Å². The molecule has 1 amide bonds. The lowest BCUT2D eigenvalue weighted by atomic mass is 9.97. The summed E-state index contributed by atoms with van der Waals surface area (Å²) in [4.78, 5) is 23.9. The third kappa shape index (κ3) is 5.73. The number of fused-ring (bicyclic) bond motifs is 1. The van der Waals surface area contributed by atoms with E-state index in [0.29, 0.717) is 23.6 Å². The number of carbonyl (C=O) groups excluding carboxylic acids is 1. The highest BCUT2D eigenvalue weighted by atomic mass is 32.2. The van der Waals surface area contributed by atoms with Crippen LogP contribution in [-0.4, -0.2) is 18.2 Å². The second-order valence-electron chi connectivity index (χ2n) is 6.98. The van der Waals surface area contributed by atoms with Crippen LogP contribution in [-0.2, 0) is 17.0 Å². The predicted octanol–water partition coefficient (Wildman–Crippen LogP) is 4.60. The van der Waals surface area contributed by atoms with Gasteiger partial charge in [-0.25, -0.2) is 4.79 Å². The molecule has 1 heterocycles. The van der Waals surface area contributed by atoms with E-state index in [1.54, 1.807) is 0 Å². The summed E-state index contributed by atoms with van der Waals surface area (Å²) in [6.45, 7) is 2.78. The fourth-order valence-electron chi connectivity index (χ4n) is 3.41. The summed E-state index contributed by atoms with van der Waals surface area (Å²) in [6.07, 6.45) is 9.09. The van der Waals surface area contributed by atoms with Gasteiger partial charge in [0.15, 0.2) is 0 Å². The number of nitrogens with one attached hydrogen (secondary N) is 1. The van der Waals surface area contributed by atoms with E-state index in [2.05, 4.69) is 24.4 Å². The summed E-state index contributed by atoms with van der Waals surface area (Å²) < 4.78 is 5.33. The summed E-state index contributed by atoms with van der Waals surface area (Å²) in [7, 11) is 0. The highest BCUT2D eigenvalue weighted by molar-refractivity contribution is 7.99. The van der Waals surface area contributed by atoms with Crippen molar-refractivity contribution in [1.29, 1.82) is 0 Å². The maximum Gasteiger partial charge on any atom is 0.336 e. The average Bonchev–Trinajstić information content (AvgIpc) is 2.68. The Kier molecular flexibility index (Phi) is 7.16. The maximum atomic E-state index is 12.1. The number of aryl methyl sites for hydroxylation is 1. The van der Waals surface area contributed by atoms with Gasteiger partial charge in [0.05, 0.1) is 5.75 Å². The van der Waals surface area contributed by atoms with Crippen molar-refractivity contribution in [2.75, 3.05) is 12.3 Å². The standard InChI is InChI=1S/C22H27NO3S/c1-2-16-8-9-19-18(13-22(25)26-20(19)12-16)14-27-15-21(24)23-11-10-17-6-4-3-5-7-17/h6,8-9,12-13H,2-5,7,10-11,14-15H2,1H3,(H,23,24). The molecular weight excluding hydrogens is 358 g/mol. The van der Waals surface area contributed by atoms with E-state index in [1.165, 1.54) is 49.1 Å². The molecule has 1 aliphatic carbocycles. The van der Waals surface area contributed by atoms with Crippen molar-refractivity contribution in [2.24, 2.45) is 0 Å². The largest absolute Gasteiger partial charge is 0.423 e. The second kappa shape index (κ2) is 9.79. The van der Waals surface area contributed by atoms with Crippen LogP contribution in [0.2, 0.25) is 0 Å². The molecule has 1 N–H and O–H groups in total. The molecule has 0 spiro atoms. The third-order valence-electron chi connectivity index (χ3n) is 4.95. The molecule has 0 bridgehead atoms. The summed E-state index contributed by atoms with van der Waals surface area (Å²) in [5.74, 6) is 1.07. The van der Waals surface area contributed by atoms with Crippen molar-refractivity contribution in [3.8, 4) is 0 Å². The lowest BCUT2D eigenvalue weighted by molar-refractivity contribution is -0.118. The van der Waals surface area contributed by atoms with Gasteiger partial charge in [0, 0.05) is 23.8 Å². The zero-order valence-electron chi connectivity index (χ0n) is 15.9. The molecule has 0 radical (unpaired) electrons. The van der Waals surface area contributed by atoms with E-state index in [4.69, 9.17) is 4.42 Å². The number of hydrogen-bond acceptors (Lipinski definition) is 4. The van der Waals surface area contributed by atoms with Crippen LogP contribution >= 0.6 is 11.8 Å². The lowest BCUT2D eigenvalue weighted by Crippen LogP contribution is -2.26. The first-order valence-corrected chi connectivity index (χ1v) is 10.9. The number of benzene rings is 1. The van der Waals surface area contributed by atoms with Gasteiger partial charge in [-0.05, 0) is 55.7 Å². The zero-order chi connectivity index (χ0) is 19.1. The zero-order valence-corrected chi connectivity index (χ0v) is 16.7. The summed E-state index contributed by atoms with van der Waals surface area (Å²) in [6, 6.07) is 7.53. The van der Waals surface area contributed by atoms with Crippen molar-refractivity contribution < 1.29 is 9.21 Å². The van der Waals surface area contributed by atoms with Gasteiger partial charge in [-0.1, -0.05) is 30.7 Å². The maximum absolute atomic E-state index is 12.1. The molecule has 3 rings (SSSR count). The Balaban J connectivity index is 1.50. The minimum Gasteiger partial charge on any atom is -0.423 e. The Hall–Kier alpha value is -2.01. The number of amides is 1. The molecule has 0 aliphatic heterocycles. The number of rotatable bonds is 8. The Morgan fingerprint density at radius 2 is 2.15 bits per heavy atom. The molecule has 27 heavy (non-hydrogen) atoms. The highest BCUT2D eigenvalue weighted by Gasteiger charge is 2.09. The molecule has 2 aromatic rings. The Morgan fingerprint density at radius 1 is 1.26 bits per heavy atom. The van der Waals surface area contributed by atoms with Gasteiger partial charge in [-0.15, -0.1) is 11.8 Å². The molecule has 1 aromatic carbocycles. The topological polar surface area (TPSA) is 59.3 Å². The van der Waals surface area contributed by atoms with Gasteiger partial charge >= 0.3 is 5.63 Å². The summed E-state index contributed by atoms with van der Waals surface area (Å²) in [5.41, 5.74) is 3.83.